The summed E-state index contributed by atoms with van der Waals surface area (Å²) in [5.41, 5.74) is 0.0326. The van der Waals surface area contributed by atoms with Crippen molar-refractivity contribution in [1.82, 2.24) is 0 Å². The summed E-state index contributed by atoms with van der Waals surface area (Å²) in [6.45, 7) is 1.68. The van der Waals surface area contributed by atoms with Gasteiger partial charge >= 0.3 is 6.36 Å². The van der Waals surface area contributed by atoms with Crippen LogP contribution < -0.4 is 9.46 Å². The third kappa shape index (κ3) is 5.26. The Balaban J connectivity index is 2.83. The van der Waals surface area contributed by atoms with E-state index in [9.17, 15) is 21.6 Å². The van der Waals surface area contributed by atoms with Crippen LogP contribution in [0.1, 0.15) is 13.3 Å². The number of benzene rings is 1. The summed E-state index contributed by atoms with van der Waals surface area (Å²) in [5, 5.41) is 0. The summed E-state index contributed by atoms with van der Waals surface area (Å²) < 4.78 is 64.6. The Morgan fingerprint density at radius 3 is 2.56 bits per heavy atom. The van der Waals surface area contributed by atoms with E-state index in [1.165, 1.54) is 12.1 Å². The third-order valence-electron chi connectivity index (χ3n) is 1.81. The molecule has 1 N–H and O–H groups in total. The van der Waals surface area contributed by atoms with Crippen molar-refractivity contribution >= 4 is 15.7 Å². The minimum absolute atomic E-state index is 0.0326. The van der Waals surface area contributed by atoms with E-state index in [0.29, 0.717) is 6.42 Å². The van der Waals surface area contributed by atoms with Crippen molar-refractivity contribution in [2.75, 3.05) is 10.5 Å². The highest BCUT2D eigenvalue weighted by Gasteiger charge is 2.31. The maximum Gasteiger partial charge on any atom is 0.573 e. The van der Waals surface area contributed by atoms with E-state index < -0.39 is 22.1 Å². The Bertz CT molecular complexity index is 499. The van der Waals surface area contributed by atoms with Crippen LogP contribution in [0.4, 0.5) is 18.9 Å². The van der Waals surface area contributed by atoms with Crippen LogP contribution in [0.15, 0.2) is 24.3 Å². The molecule has 0 atom stereocenters. The first-order chi connectivity index (χ1) is 8.22. The topological polar surface area (TPSA) is 55.4 Å². The fraction of sp³-hybridized carbons (Fsp3) is 0.400. The van der Waals surface area contributed by atoms with Crippen molar-refractivity contribution in [2.24, 2.45) is 0 Å². The zero-order chi connectivity index (χ0) is 13.8. The van der Waals surface area contributed by atoms with Gasteiger partial charge in [0.05, 0.1) is 11.4 Å². The number of sulfonamides is 1. The summed E-state index contributed by atoms with van der Waals surface area (Å²) >= 11 is 0. The second-order valence-corrected chi connectivity index (χ2v) is 5.34. The lowest BCUT2D eigenvalue weighted by Gasteiger charge is -2.11. The van der Waals surface area contributed by atoms with Crippen molar-refractivity contribution in [3.05, 3.63) is 24.3 Å². The fourth-order valence-corrected chi connectivity index (χ4v) is 2.38. The molecular weight excluding hydrogens is 271 g/mol. The number of rotatable bonds is 5. The second kappa shape index (κ2) is 5.47. The zero-order valence-electron chi connectivity index (χ0n) is 9.49. The lowest BCUT2D eigenvalue weighted by molar-refractivity contribution is -0.274. The second-order valence-electron chi connectivity index (χ2n) is 3.50. The smallest absolute Gasteiger partial charge is 0.406 e. The van der Waals surface area contributed by atoms with Gasteiger partial charge in [0, 0.05) is 6.07 Å². The number of alkyl halides is 3. The van der Waals surface area contributed by atoms with Gasteiger partial charge in [-0.2, -0.15) is 0 Å². The maximum atomic E-state index is 12.0. The van der Waals surface area contributed by atoms with Gasteiger partial charge in [-0.05, 0) is 18.6 Å². The summed E-state index contributed by atoms with van der Waals surface area (Å²) in [6, 6.07) is 4.67. The molecule has 0 bridgehead atoms. The van der Waals surface area contributed by atoms with Crippen molar-refractivity contribution in [3.8, 4) is 5.75 Å². The van der Waals surface area contributed by atoms with E-state index in [1.54, 1.807) is 6.92 Å². The molecule has 1 rings (SSSR count). The Kier molecular flexibility index (Phi) is 4.44. The highest BCUT2D eigenvalue weighted by Crippen LogP contribution is 2.25. The Morgan fingerprint density at radius 1 is 1.33 bits per heavy atom. The first kappa shape index (κ1) is 14.6. The van der Waals surface area contributed by atoms with Gasteiger partial charge in [-0.25, -0.2) is 8.42 Å². The average Bonchev–Trinajstić information content (AvgIpc) is 2.13. The molecule has 4 nitrogen and oxygen atoms in total. The van der Waals surface area contributed by atoms with Gasteiger partial charge in [-0.15, -0.1) is 13.2 Å². The van der Waals surface area contributed by atoms with Crippen molar-refractivity contribution in [1.29, 1.82) is 0 Å². The highest BCUT2D eigenvalue weighted by molar-refractivity contribution is 7.92. The Labute approximate surface area is 103 Å². The van der Waals surface area contributed by atoms with Gasteiger partial charge in [0.2, 0.25) is 10.0 Å². The van der Waals surface area contributed by atoms with Crippen LogP contribution in [-0.2, 0) is 10.0 Å². The van der Waals surface area contributed by atoms with E-state index in [0.717, 1.165) is 12.1 Å². The van der Waals surface area contributed by atoms with Crippen LogP contribution in [0.2, 0.25) is 0 Å². The molecule has 0 radical (unpaired) electrons. The van der Waals surface area contributed by atoms with Crippen LogP contribution in [-0.4, -0.2) is 20.5 Å². The minimum atomic E-state index is -4.80. The molecular formula is C10H12F3NO3S. The van der Waals surface area contributed by atoms with Gasteiger partial charge in [0.25, 0.3) is 0 Å². The lowest BCUT2D eigenvalue weighted by atomic mass is 10.3. The number of ether oxygens (including phenoxy) is 1. The number of nitrogens with one attached hydrogen (secondary N) is 1. The molecule has 102 valence electrons. The standard InChI is InChI=1S/C10H12F3NO3S/c1-2-6-18(15,16)14-8-4-3-5-9(7-8)17-10(11,12)13/h3-5,7,14H,2,6H2,1H3. The molecule has 0 heterocycles. The molecule has 0 unspecified atom stereocenters. The van der Waals surface area contributed by atoms with E-state index in [2.05, 4.69) is 9.46 Å². The van der Waals surface area contributed by atoms with Gasteiger partial charge in [-0.3, -0.25) is 4.72 Å². The van der Waals surface area contributed by atoms with E-state index in [4.69, 9.17) is 0 Å². The van der Waals surface area contributed by atoms with Crippen LogP contribution in [0, 0.1) is 0 Å². The first-order valence-corrected chi connectivity index (χ1v) is 6.73. The monoisotopic (exact) mass is 283 g/mol. The Morgan fingerprint density at radius 2 is 2.00 bits per heavy atom. The van der Waals surface area contributed by atoms with E-state index >= 15 is 0 Å². The number of halogens is 3. The molecule has 0 amide bonds. The first-order valence-electron chi connectivity index (χ1n) is 5.08. The molecule has 0 saturated carbocycles. The molecule has 8 heteroatoms. The largest absolute Gasteiger partial charge is 0.573 e. The molecule has 0 spiro atoms. The summed E-state index contributed by atoms with van der Waals surface area (Å²) in [6.07, 6.45) is -4.39. The lowest BCUT2D eigenvalue weighted by Crippen LogP contribution is -2.18. The van der Waals surface area contributed by atoms with Crippen LogP contribution in [0.5, 0.6) is 5.75 Å². The van der Waals surface area contributed by atoms with Crippen molar-refractivity contribution in [3.63, 3.8) is 0 Å². The van der Waals surface area contributed by atoms with Crippen molar-refractivity contribution in [2.45, 2.75) is 19.7 Å². The molecule has 0 aromatic heterocycles. The summed E-state index contributed by atoms with van der Waals surface area (Å²) in [7, 11) is -3.53. The average molecular weight is 283 g/mol. The number of anilines is 1. The predicted octanol–water partition coefficient (Wildman–Crippen LogP) is 2.74. The van der Waals surface area contributed by atoms with Gasteiger partial charge in [0.1, 0.15) is 5.75 Å². The minimum Gasteiger partial charge on any atom is -0.406 e. The molecule has 0 aliphatic carbocycles. The van der Waals surface area contributed by atoms with E-state index in [1.807, 2.05) is 0 Å². The van der Waals surface area contributed by atoms with Crippen molar-refractivity contribution < 1.29 is 26.3 Å². The SMILES string of the molecule is CCCS(=O)(=O)Nc1cccc(OC(F)(F)F)c1. The van der Waals surface area contributed by atoms with Crippen LogP contribution in [0.25, 0.3) is 0 Å². The number of hydrogen-bond donors (Lipinski definition) is 1. The normalized spacial score (nSPS) is 12.2. The van der Waals surface area contributed by atoms with Crippen LogP contribution in [0.3, 0.4) is 0 Å². The predicted molar refractivity (Wildman–Crippen MR) is 60.8 cm³/mol. The molecule has 1 aromatic carbocycles. The summed E-state index contributed by atoms with van der Waals surface area (Å²) in [4.78, 5) is 0. The molecule has 0 aliphatic heterocycles. The summed E-state index contributed by atoms with van der Waals surface area (Å²) in [5.74, 6) is -0.573. The highest BCUT2D eigenvalue weighted by atomic mass is 32.2. The van der Waals surface area contributed by atoms with Crippen LogP contribution >= 0.6 is 0 Å². The maximum absolute atomic E-state index is 12.0. The van der Waals surface area contributed by atoms with Gasteiger partial charge in [0.15, 0.2) is 0 Å². The molecule has 0 saturated heterocycles. The molecule has 18 heavy (non-hydrogen) atoms. The quantitative estimate of drug-likeness (QED) is 0.904. The van der Waals surface area contributed by atoms with E-state index in [-0.39, 0.29) is 11.4 Å². The number of hydrogen-bond acceptors (Lipinski definition) is 3. The Hall–Kier alpha value is -1.44. The fourth-order valence-electron chi connectivity index (χ4n) is 1.26. The molecule has 0 aliphatic rings. The molecule has 1 aromatic rings. The van der Waals surface area contributed by atoms with Gasteiger partial charge < -0.3 is 4.74 Å². The van der Waals surface area contributed by atoms with Gasteiger partial charge in [-0.1, -0.05) is 13.0 Å². The molecule has 0 fully saturated rings. The zero-order valence-corrected chi connectivity index (χ0v) is 10.3. The third-order valence-corrected chi connectivity index (χ3v) is 3.31.